The molecule has 0 saturated carbocycles. The van der Waals surface area contributed by atoms with E-state index >= 15 is 0 Å². The molecule has 5 nitrogen and oxygen atoms in total. The first-order valence-electron chi connectivity index (χ1n) is 6.17. The lowest BCUT2D eigenvalue weighted by Crippen LogP contribution is -2.49. The molecule has 1 fully saturated rings. The number of nitrogens with one attached hydrogen (secondary N) is 1. The molecule has 2 heterocycles. The Morgan fingerprint density at radius 1 is 1.65 bits per heavy atom. The number of hydrogen-bond donors (Lipinski definition) is 2. The Kier molecular flexibility index (Phi) is 4.56. The van der Waals surface area contributed by atoms with Crippen LogP contribution in [0.4, 0.5) is 0 Å². The molecule has 2 atom stereocenters. The summed E-state index contributed by atoms with van der Waals surface area (Å²) >= 11 is 0. The highest BCUT2D eigenvalue weighted by molar-refractivity contribution is 5.13. The Balaban J connectivity index is 1.99. The number of nitrogens with zero attached hydrogens (tertiary/aromatic N) is 1. The van der Waals surface area contributed by atoms with Gasteiger partial charge in [-0.05, 0) is 19.0 Å². The van der Waals surface area contributed by atoms with E-state index in [4.69, 9.17) is 15.0 Å². The minimum Gasteiger partial charge on any atom is -0.472 e. The quantitative estimate of drug-likeness (QED) is 0.590. The maximum atomic E-state index is 5.81. The molecule has 2 rings (SSSR count). The summed E-state index contributed by atoms with van der Waals surface area (Å²) in [6.07, 6.45) is 4.62. The Bertz CT molecular complexity index is 314. The second-order valence-corrected chi connectivity index (χ2v) is 4.41. The van der Waals surface area contributed by atoms with Gasteiger partial charge in [-0.2, -0.15) is 0 Å². The maximum Gasteiger partial charge on any atom is 0.0951 e. The van der Waals surface area contributed by atoms with E-state index in [0.29, 0.717) is 0 Å². The third-order valence-electron chi connectivity index (χ3n) is 3.17. The molecule has 2 unspecified atom stereocenters. The lowest BCUT2D eigenvalue weighted by atomic mass is 10.0. The highest BCUT2D eigenvalue weighted by Crippen LogP contribution is 2.22. The summed E-state index contributed by atoms with van der Waals surface area (Å²) in [6.45, 7) is 5.99. The average molecular weight is 239 g/mol. The third kappa shape index (κ3) is 3.07. The third-order valence-corrected chi connectivity index (χ3v) is 3.17. The van der Waals surface area contributed by atoms with Crippen LogP contribution in [0.5, 0.6) is 0 Å². The Labute approximate surface area is 102 Å². The number of hydrogen-bond acceptors (Lipinski definition) is 5. The molecule has 96 valence electrons. The highest BCUT2D eigenvalue weighted by Gasteiger charge is 2.28. The van der Waals surface area contributed by atoms with Gasteiger partial charge in [-0.1, -0.05) is 6.92 Å². The lowest BCUT2D eigenvalue weighted by molar-refractivity contribution is -0.0471. The fourth-order valence-electron chi connectivity index (χ4n) is 2.32. The van der Waals surface area contributed by atoms with Gasteiger partial charge in [0, 0.05) is 18.7 Å². The summed E-state index contributed by atoms with van der Waals surface area (Å²) < 4.78 is 10.9. The number of morpholine rings is 1. The van der Waals surface area contributed by atoms with Crippen LogP contribution in [0.25, 0.3) is 0 Å². The van der Waals surface area contributed by atoms with Gasteiger partial charge < -0.3 is 9.15 Å². The minimum atomic E-state index is -0.00611. The van der Waals surface area contributed by atoms with Gasteiger partial charge in [0.25, 0.3) is 0 Å². The van der Waals surface area contributed by atoms with Crippen molar-refractivity contribution >= 4 is 0 Å². The number of nitrogens with two attached hydrogens (primary N) is 1. The normalized spacial score (nSPS) is 23.8. The second kappa shape index (κ2) is 6.16. The van der Waals surface area contributed by atoms with Crippen molar-refractivity contribution in [1.29, 1.82) is 0 Å². The Hall–Kier alpha value is -0.880. The first-order chi connectivity index (χ1) is 8.35. The number of hydrazine groups is 1. The molecular weight excluding hydrogens is 218 g/mol. The van der Waals surface area contributed by atoms with Crippen molar-refractivity contribution in [2.24, 2.45) is 5.84 Å². The van der Waals surface area contributed by atoms with Crippen LogP contribution in [0, 0.1) is 0 Å². The van der Waals surface area contributed by atoms with Crippen LogP contribution in [-0.4, -0.2) is 37.2 Å². The zero-order chi connectivity index (χ0) is 12.1. The van der Waals surface area contributed by atoms with E-state index in [1.165, 1.54) is 6.42 Å². The molecule has 1 aromatic rings. The van der Waals surface area contributed by atoms with E-state index < -0.39 is 0 Å². The molecule has 0 bridgehead atoms. The average Bonchev–Trinajstić information content (AvgIpc) is 2.85. The van der Waals surface area contributed by atoms with Crippen molar-refractivity contribution in [1.82, 2.24) is 10.3 Å². The van der Waals surface area contributed by atoms with Gasteiger partial charge in [0.15, 0.2) is 0 Å². The zero-order valence-electron chi connectivity index (χ0n) is 10.3. The van der Waals surface area contributed by atoms with Crippen LogP contribution in [0.3, 0.4) is 0 Å². The molecule has 0 amide bonds. The molecule has 1 saturated heterocycles. The molecule has 1 aliphatic heterocycles. The Morgan fingerprint density at radius 2 is 2.53 bits per heavy atom. The predicted octanol–water partition coefficient (Wildman–Crippen LogP) is 0.895. The van der Waals surface area contributed by atoms with Crippen molar-refractivity contribution in [2.45, 2.75) is 25.5 Å². The lowest BCUT2D eigenvalue weighted by Gasteiger charge is -2.36. The van der Waals surface area contributed by atoms with Gasteiger partial charge in [0.1, 0.15) is 0 Å². The van der Waals surface area contributed by atoms with Gasteiger partial charge in [0.2, 0.25) is 0 Å². The fourth-order valence-corrected chi connectivity index (χ4v) is 2.32. The molecule has 0 radical (unpaired) electrons. The molecule has 0 spiro atoms. The van der Waals surface area contributed by atoms with Gasteiger partial charge in [-0.3, -0.25) is 16.2 Å². The largest absolute Gasteiger partial charge is 0.472 e. The number of ether oxygens (including phenoxy) is 1. The van der Waals surface area contributed by atoms with E-state index in [1.807, 2.05) is 6.07 Å². The number of furan rings is 1. The summed E-state index contributed by atoms with van der Waals surface area (Å²) in [5.74, 6) is 5.62. The van der Waals surface area contributed by atoms with Crippen LogP contribution in [0.15, 0.2) is 23.0 Å². The predicted molar refractivity (Wildman–Crippen MR) is 65.2 cm³/mol. The van der Waals surface area contributed by atoms with Crippen LogP contribution in [-0.2, 0) is 4.74 Å². The van der Waals surface area contributed by atoms with Crippen molar-refractivity contribution in [2.75, 3.05) is 26.2 Å². The molecule has 5 heteroatoms. The molecule has 1 aliphatic rings. The smallest absolute Gasteiger partial charge is 0.0951 e. The summed E-state index contributed by atoms with van der Waals surface area (Å²) in [5, 5.41) is 0. The molecule has 0 aliphatic carbocycles. The molecule has 17 heavy (non-hydrogen) atoms. The van der Waals surface area contributed by atoms with Gasteiger partial charge >= 0.3 is 0 Å². The van der Waals surface area contributed by atoms with Crippen molar-refractivity contribution in [3.05, 3.63) is 24.2 Å². The molecule has 0 aromatic carbocycles. The minimum absolute atomic E-state index is 0.00611. The topological polar surface area (TPSA) is 63.7 Å². The first kappa shape index (κ1) is 12.6. The zero-order valence-corrected chi connectivity index (χ0v) is 10.3. The SMILES string of the molecule is CCCN1CCOC(C(NN)c2ccoc2)C1. The van der Waals surface area contributed by atoms with Crippen LogP contribution < -0.4 is 11.3 Å². The van der Waals surface area contributed by atoms with E-state index in [1.54, 1.807) is 12.5 Å². The summed E-state index contributed by atoms with van der Waals surface area (Å²) in [4.78, 5) is 2.42. The van der Waals surface area contributed by atoms with E-state index in [-0.39, 0.29) is 12.1 Å². The van der Waals surface area contributed by atoms with E-state index in [9.17, 15) is 0 Å². The van der Waals surface area contributed by atoms with Crippen molar-refractivity contribution in [3.8, 4) is 0 Å². The summed E-state index contributed by atoms with van der Waals surface area (Å²) in [6, 6.07) is 1.92. The van der Waals surface area contributed by atoms with E-state index in [0.717, 1.165) is 31.8 Å². The molecule has 1 aromatic heterocycles. The maximum absolute atomic E-state index is 5.81. The fraction of sp³-hybridized carbons (Fsp3) is 0.667. The Morgan fingerprint density at radius 3 is 3.18 bits per heavy atom. The van der Waals surface area contributed by atoms with Gasteiger partial charge in [0.05, 0.1) is 31.3 Å². The van der Waals surface area contributed by atoms with Crippen LogP contribution in [0.2, 0.25) is 0 Å². The van der Waals surface area contributed by atoms with Crippen LogP contribution in [0.1, 0.15) is 24.9 Å². The standard InChI is InChI=1S/C12H21N3O2/c1-2-4-15-5-7-17-11(8-15)12(14-13)10-3-6-16-9-10/h3,6,9,11-12,14H,2,4-5,7-8,13H2,1H3. The first-order valence-corrected chi connectivity index (χ1v) is 6.17. The van der Waals surface area contributed by atoms with E-state index in [2.05, 4.69) is 17.2 Å². The monoisotopic (exact) mass is 239 g/mol. The van der Waals surface area contributed by atoms with Gasteiger partial charge in [-0.25, -0.2) is 0 Å². The van der Waals surface area contributed by atoms with Crippen LogP contribution >= 0.6 is 0 Å². The van der Waals surface area contributed by atoms with Crippen molar-refractivity contribution in [3.63, 3.8) is 0 Å². The van der Waals surface area contributed by atoms with Gasteiger partial charge in [-0.15, -0.1) is 0 Å². The summed E-state index contributed by atoms with van der Waals surface area (Å²) in [7, 11) is 0. The van der Waals surface area contributed by atoms with Crippen molar-refractivity contribution < 1.29 is 9.15 Å². The molecular formula is C12H21N3O2. The second-order valence-electron chi connectivity index (χ2n) is 4.41. The number of rotatable bonds is 5. The highest BCUT2D eigenvalue weighted by atomic mass is 16.5. The summed E-state index contributed by atoms with van der Waals surface area (Å²) in [5.41, 5.74) is 3.86. The molecule has 3 N–H and O–H groups in total.